The van der Waals surface area contributed by atoms with Gasteiger partial charge in [0.1, 0.15) is 12.1 Å². The Balaban J connectivity index is 1.26. The lowest BCUT2D eigenvalue weighted by atomic mass is 10.0. The molecule has 0 saturated carbocycles. The van der Waals surface area contributed by atoms with Gasteiger partial charge < -0.3 is 19.9 Å². The van der Waals surface area contributed by atoms with E-state index in [4.69, 9.17) is 4.74 Å². The molecule has 1 saturated heterocycles. The second-order valence-corrected chi connectivity index (χ2v) is 6.74. The van der Waals surface area contributed by atoms with Gasteiger partial charge in [-0.3, -0.25) is 0 Å². The minimum atomic E-state index is 0.570. The van der Waals surface area contributed by atoms with Gasteiger partial charge in [0.25, 0.3) is 0 Å². The maximum atomic E-state index is 5.19. The van der Waals surface area contributed by atoms with Crippen LogP contribution >= 0.6 is 0 Å². The molecular weight excluding hydrogens is 326 g/mol. The standard InChI is InChI=1S/C20H25N5O/c1-26-20-12-19(23-14-24-20)25-10-7-16(8-11-25)21-9-6-15-13-22-18-5-3-2-4-17(15)18/h2-5,12-14,16,21-22H,6-11H2,1H3. The van der Waals surface area contributed by atoms with Crippen molar-refractivity contribution >= 4 is 16.7 Å². The molecule has 136 valence electrons. The number of methoxy groups -OCH3 is 1. The first-order chi connectivity index (χ1) is 12.8. The SMILES string of the molecule is COc1cc(N2CCC(NCCc3c[nH]c4ccccc34)CC2)ncn1. The van der Waals surface area contributed by atoms with Gasteiger partial charge in [-0.1, -0.05) is 18.2 Å². The second-order valence-electron chi connectivity index (χ2n) is 6.74. The average Bonchev–Trinajstić information content (AvgIpc) is 3.12. The number of ether oxygens (including phenoxy) is 1. The van der Waals surface area contributed by atoms with Crippen LogP contribution in [0.3, 0.4) is 0 Å². The zero-order chi connectivity index (χ0) is 17.8. The summed E-state index contributed by atoms with van der Waals surface area (Å²) in [5.41, 5.74) is 2.61. The highest BCUT2D eigenvalue weighted by atomic mass is 16.5. The van der Waals surface area contributed by atoms with Crippen molar-refractivity contribution in [3.8, 4) is 5.88 Å². The van der Waals surface area contributed by atoms with Crippen molar-refractivity contribution in [3.63, 3.8) is 0 Å². The van der Waals surface area contributed by atoms with E-state index in [0.29, 0.717) is 11.9 Å². The fraction of sp³-hybridized carbons (Fsp3) is 0.400. The van der Waals surface area contributed by atoms with Crippen LogP contribution in [0.2, 0.25) is 0 Å². The smallest absolute Gasteiger partial charge is 0.218 e. The lowest BCUT2D eigenvalue weighted by Gasteiger charge is -2.33. The minimum absolute atomic E-state index is 0.570. The summed E-state index contributed by atoms with van der Waals surface area (Å²) in [6.07, 6.45) is 7.00. The van der Waals surface area contributed by atoms with Crippen LogP contribution in [0.25, 0.3) is 10.9 Å². The molecule has 6 heteroatoms. The van der Waals surface area contributed by atoms with Crippen molar-refractivity contribution in [2.75, 3.05) is 31.6 Å². The number of hydrogen-bond donors (Lipinski definition) is 2. The lowest BCUT2D eigenvalue weighted by molar-refractivity contribution is 0.394. The molecule has 6 nitrogen and oxygen atoms in total. The maximum absolute atomic E-state index is 5.19. The highest BCUT2D eigenvalue weighted by Crippen LogP contribution is 2.21. The maximum Gasteiger partial charge on any atom is 0.218 e. The molecule has 1 fully saturated rings. The van der Waals surface area contributed by atoms with Crippen molar-refractivity contribution in [3.05, 3.63) is 48.4 Å². The Kier molecular flexibility index (Phi) is 5.02. The summed E-state index contributed by atoms with van der Waals surface area (Å²) < 4.78 is 5.19. The number of piperidine rings is 1. The summed E-state index contributed by atoms with van der Waals surface area (Å²) in [5, 5.41) is 5.06. The molecule has 0 aliphatic carbocycles. The van der Waals surface area contributed by atoms with E-state index >= 15 is 0 Å². The molecule has 1 aromatic carbocycles. The Labute approximate surface area is 153 Å². The van der Waals surface area contributed by atoms with Crippen molar-refractivity contribution in [1.82, 2.24) is 20.3 Å². The second kappa shape index (κ2) is 7.74. The van der Waals surface area contributed by atoms with Crippen LogP contribution in [0.5, 0.6) is 5.88 Å². The number of H-pyrrole nitrogens is 1. The summed E-state index contributed by atoms with van der Waals surface area (Å²) in [7, 11) is 1.63. The topological polar surface area (TPSA) is 66.1 Å². The van der Waals surface area contributed by atoms with Gasteiger partial charge >= 0.3 is 0 Å². The van der Waals surface area contributed by atoms with Crippen LogP contribution in [0, 0.1) is 0 Å². The molecule has 3 aromatic rings. The van der Waals surface area contributed by atoms with Crippen LogP contribution in [0.4, 0.5) is 5.82 Å². The predicted octanol–water partition coefficient (Wildman–Crippen LogP) is 2.77. The summed E-state index contributed by atoms with van der Waals surface area (Å²) in [5.74, 6) is 1.57. The highest BCUT2D eigenvalue weighted by molar-refractivity contribution is 5.83. The Morgan fingerprint density at radius 1 is 1.23 bits per heavy atom. The van der Waals surface area contributed by atoms with E-state index in [0.717, 1.165) is 44.7 Å². The van der Waals surface area contributed by atoms with Crippen molar-refractivity contribution in [1.29, 1.82) is 0 Å². The quantitative estimate of drug-likeness (QED) is 0.715. The number of aromatic nitrogens is 3. The molecular formula is C20H25N5O. The molecule has 1 aliphatic rings. The molecule has 2 N–H and O–H groups in total. The van der Waals surface area contributed by atoms with E-state index in [9.17, 15) is 0 Å². The Hall–Kier alpha value is -2.60. The van der Waals surface area contributed by atoms with Crippen LogP contribution in [-0.2, 0) is 6.42 Å². The number of nitrogens with zero attached hydrogens (tertiary/aromatic N) is 3. The lowest BCUT2D eigenvalue weighted by Crippen LogP contribution is -2.43. The first kappa shape index (κ1) is 16.8. The van der Waals surface area contributed by atoms with Crippen LogP contribution in [-0.4, -0.2) is 47.7 Å². The van der Waals surface area contributed by atoms with Crippen LogP contribution < -0.4 is 15.0 Å². The molecule has 3 heterocycles. The summed E-state index contributed by atoms with van der Waals surface area (Å²) in [6, 6.07) is 11.0. The summed E-state index contributed by atoms with van der Waals surface area (Å²) in [6.45, 7) is 3.02. The molecule has 0 atom stereocenters. The molecule has 0 bridgehead atoms. The number of anilines is 1. The first-order valence-corrected chi connectivity index (χ1v) is 9.23. The van der Waals surface area contributed by atoms with Crippen molar-refractivity contribution in [2.45, 2.75) is 25.3 Å². The molecule has 0 unspecified atom stereocenters. The molecule has 2 aromatic heterocycles. The molecule has 4 rings (SSSR count). The van der Waals surface area contributed by atoms with E-state index in [1.165, 1.54) is 16.5 Å². The van der Waals surface area contributed by atoms with Gasteiger partial charge in [0.15, 0.2) is 0 Å². The average molecular weight is 351 g/mol. The third-order valence-corrected chi connectivity index (χ3v) is 5.16. The normalized spacial score (nSPS) is 15.5. The Morgan fingerprint density at radius 3 is 2.92 bits per heavy atom. The summed E-state index contributed by atoms with van der Waals surface area (Å²) >= 11 is 0. The number of benzene rings is 1. The fourth-order valence-electron chi connectivity index (χ4n) is 3.68. The van der Waals surface area contributed by atoms with Gasteiger partial charge in [0.05, 0.1) is 7.11 Å². The van der Waals surface area contributed by atoms with Gasteiger partial charge in [-0.15, -0.1) is 0 Å². The Bertz CT molecular complexity index is 854. The third kappa shape index (κ3) is 3.65. The van der Waals surface area contributed by atoms with Crippen LogP contribution in [0.15, 0.2) is 42.9 Å². The first-order valence-electron chi connectivity index (χ1n) is 9.23. The number of aromatic amines is 1. The molecule has 1 aliphatic heterocycles. The number of para-hydroxylation sites is 1. The monoisotopic (exact) mass is 351 g/mol. The number of rotatable bonds is 6. The number of hydrogen-bond acceptors (Lipinski definition) is 5. The van der Waals surface area contributed by atoms with Gasteiger partial charge in [-0.05, 0) is 37.4 Å². The van der Waals surface area contributed by atoms with Crippen molar-refractivity contribution in [2.24, 2.45) is 0 Å². The number of fused-ring (bicyclic) bond motifs is 1. The zero-order valence-electron chi connectivity index (χ0n) is 15.1. The molecule has 0 radical (unpaired) electrons. The Morgan fingerprint density at radius 2 is 2.08 bits per heavy atom. The molecule has 26 heavy (non-hydrogen) atoms. The third-order valence-electron chi connectivity index (χ3n) is 5.16. The zero-order valence-corrected chi connectivity index (χ0v) is 15.1. The van der Waals surface area contributed by atoms with Gasteiger partial charge in [0, 0.05) is 42.3 Å². The minimum Gasteiger partial charge on any atom is -0.481 e. The fourth-order valence-corrected chi connectivity index (χ4v) is 3.68. The van der Waals surface area contributed by atoms with E-state index in [1.807, 2.05) is 6.07 Å². The molecule has 0 spiro atoms. The van der Waals surface area contributed by atoms with E-state index in [1.54, 1.807) is 13.4 Å². The van der Waals surface area contributed by atoms with E-state index in [-0.39, 0.29) is 0 Å². The summed E-state index contributed by atoms with van der Waals surface area (Å²) in [4.78, 5) is 14.1. The van der Waals surface area contributed by atoms with Crippen LogP contribution in [0.1, 0.15) is 18.4 Å². The number of nitrogens with one attached hydrogen (secondary N) is 2. The van der Waals surface area contributed by atoms with Crippen molar-refractivity contribution < 1.29 is 4.74 Å². The largest absolute Gasteiger partial charge is 0.481 e. The predicted molar refractivity (Wildman–Crippen MR) is 104 cm³/mol. The van der Waals surface area contributed by atoms with Gasteiger partial charge in [-0.25, -0.2) is 9.97 Å². The highest BCUT2D eigenvalue weighted by Gasteiger charge is 2.20. The molecule has 0 amide bonds. The van der Waals surface area contributed by atoms with E-state index < -0.39 is 0 Å². The van der Waals surface area contributed by atoms with E-state index in [2.05, 4.69) is 55.6 Å². The van der Waals surface area contributed by atoms with Gasteiger partial charge in [-0.2, -0.15) is 0 Å². The van der Waals surface area contributed by atoms with Gasteiger partial charge in [0.2, 0.25) is 5.88 Å².